The third-order valence-corrected chi connectivity index (χ3v) is 3.56. The van der Waals surface area contributed by atoms with Crippen molar-refractivity contribution in [1.29, 1.82) is 0 Å². The van der Waals surface area contributed by atoms with Crippen molar-refractivity contribution < 1.29 is 19.1 Å². The van der Waals surface area contributed by atoms with Gasteiger partial charge >= 0.3 is 12.0 Å². The monoisotopic (exact) mass is 300 g/mol. The average molecular weight is 301 g/mol. The Hall–Kier alpha value is -1.82. The van der Waals surface area contributed by atoms with Gasteiger partial charge in [-0.3, -0.25) is 4.79 Å². The van der Waals surface area contributed by atoms with E-state index in [0.29, 0.717) is 12.8 Å². The minimum absolute atomic E-state index is 0.00299. The predicted octanol–water partition coefficient (Wildman–Crippen LogP) is 2.85. The van der Waals surface area contributed by atoms with Crippen molar-refractivity contribution in [2.45, 2.75) is 25.3 Å². The highest BCUT2D eigenvalue weighted by molar-refractivity contribution is 6.30. The molecule has 0 aromatic heterocycles. The van der Waals surface area contributed by atoms with Crippen molar-refractivity contribution in [2.24, 2.45) is 5.92 Å². The summed E-state index contributed by atoms with van der Waals surface area (Å²) in [5.41, 5.74) is -0.00299. The first-order chi connectivity index (χ1) is 9.47. The van der Waals surface area contributed by atoms with Gasteiger partial charge in [0.25, 0.3) is 0 Å². The summed E-state index contributed by atoms with van der Waals surface area (Å²) in [4.78, 5) is 22.8. The van der Waals surface area contributed by atoms with Crippen LogP contribution in [0.25, 0.3) is 0 Å². The molecule has 1 aromatic carbocycles. The van der Waals surface area contributed by atoms with Gasteiger partial charge in [-0.15, -0.1) is 0 Å². The first-order valence-electron chi connectivity index (χ1n) is 6.23. The van der Waals surface area contributed by atoms with Crippen molar-refractivity contribution in [3.8, 4) is 0 Å². The van der Waals surface area contributed by atoms with Crippen LogP contribution < -0.4 is 10.6 Å². The number of urea groups is 1. The van der Waals surface area contributed by atoms with E-state index in [9.17, 15) is 14.0 Å². The Morgan fingerprint density at radius 1 is 1.35 bits per heavy atom. The maximum atomic E-state index is 13.5. The zero-order chi connectivity index (χ0) is 14.7. The lowest BCUT2D eigenvalue weighted by Gasteiger charge is -2.18. The Morgan fingerprint density at radius 2 is 2.10 bits per heavy atom. The van der Waals surface area contributed by atoms with Gasteiger partial charge in [0.05, 0.1) is 11.6 Å². The SMILES string of the molecule is O=C(Nc1ccc(Cl)cc1F)NC1CCCC1C(=O)O. The van der Waals surface area contributed by atoms with Gasteiger partial charge in [-0.05, 0) is 31.0 Å². The van der Waals surface area contributed by atoms with Crippen LogP contribution >= 0.6 is 11.6 Å². The van der Waals surface area contributed by atoms with Crippen LogP contribution in [0, 0.1) is 11.7 Å². The lowest BCUT2D eigenvalue weighted by Crippen LogP contribution is -2.42. The zero-order valence-corrected chi connectivity index (χ0v) is 11.3. The summed E-state index contributed by atoms with van der Waals surface area (Å²) in [5, 5.41) is 14.2. The van der Waals surface area contributed by atoms with Crippen LogP contribution in [0.4, 0.5) is 14.9 Å². The van der Waals surface area contributed by atoms with E-state index in [4.69, 9.17) is 16.7 Å². The van der Waals surface area contributed by atoms with E-state index in [2.05, 4.69) is 10.6 Å². The van der Waals surface area contributed by atoms with Crippen LogP contribution in [0.1, 0.15) is 19.3 Å². The topological polar surface area (TPSA) is 78.4 Å². The van der Waals surface area contributed by atoms with Crippen LogP contribution in [0.5, 0.6) is 0 Å². The predicted molar refractivity (Wildman–Crippen MR) is 72.3 cm³/mol. The Morgan fingerprint density at radius 3 is 2.75 bits per heavy atom. The summed E-state index contributed by atoms with van der Waals surface area (Å²) in [6.07, 6.45) is 1.89. The number of hydrogen-bond donors (Lipinski definition) is 3. The Bertz CT molecular complexity index is 538. The molecular formula is C13H14ClFN2O3. The number of benzene rings is 1. The lowest BCUT2D eigenvalue weighted by molar-refractivity contribution is -0.142. The van der Waals surface area contributed by atoms with Gasteiger partial charge < -0.3 is 15.7 Å². The zero-order valence-electron chi connectivity index (χ0n) is 10.5. The summed E-state index contributed by atoms with van der Waals surface area (Å²) in [6.45, 7) is 0. The first kappa shape index (κ1) is 14.6. The number of carboxylic acid groups (broad SMARTS) is 1. The second-order valence-electron chi connectivity index (χ2n) is 4.70. The third-order valence-electron chi connectivity index (χ3n) is 3.33. The van der Waals surface area contributed by atoms with Crippen molar-refractivity contribution in [3.05, 3.63) is 29.0 Å². The maximum Gasteiger partial charge on any atom is 0.319 e. The number of amides is 2. The molecule has 5 nitrogen and oxygen atoms in total. The summed E-state index contributed by atoms with van der Waals surface area (Å²) in [6, 6.07) is 2.84. The van der Waals surface area contributed by atoms with Gasteiger partial charge in [-0.25, -0.2) is 9.18 Å². The molecule has 1 aliphatic rings. The highest BCUT2D eigenvalue weighted by atomic mass is 35.5. The number of carboxylic acids is 1. The van der Waals surface area contributed by atoms with Gasteiger partial charge in [-0.1, -0.05) is 18.0 Å². The maximum absolute atomic E-state index is 13.5. The second-order valence-corrected chi connectivity index (χ2v) is 5.14. The second kappa shape index (κ2) is 6.09. The molecule has 2 unspecified atom stereocenters. The Labute approximate surface area is 120 Å². The molecule has 0 bridgehead atoms. The normalized spacial score (nSPS) is 21.5. The van der Waals surface area contributed by atoms with E-state index in [1.54, 1.807) is 0 Å². The number of anilines is 1. The fraction of sp³-hybridized carbons (Fsp3) is 0.385. The van der Waals surface area contributed by atoms with Gasteiger partial charge in [0.15, 0.2) is 0 Å². The molecule has 0 aliphatic heterocycles. The fourth-order valence-corrected chi connectivity index (χ4v) is 2.50. The summed E-state index contributed by atoms with van der Waals surface area (Å²) in [5.74, 6) is -2.16. The van der Waals surface area contributed by atoms with E-state index in [-0.39, 0.29) is 10.7 Å². The molecule has 1 fully saturated rings. The van der Waals surface area contributed by atoms with Crippen molar-refractivity contribution in [3.63, 3.8) is 0 Å². The Kier molecular flexibility index (Phi) is 4.44. The van der Waals surface area contributed by atoms with Crippen molar-refractivity contribution in [2.75, 3.05) is 5.32 Å². The van der Waals surface area contributed by atoms with Crippen LogP contribution in [-0.4, -0.2) is 23.1 Å². The van der Waals surface area contributed by atoms with E-state index in [1.165, 1.54) is 12.1 Å². The molecule has 3 N–H and O–H groups in total. The number of halogens is 2. The van der Waals surface area contributed by atoms with Crippen LogP contribution in [0.3, 0.4) is 0 Å². The van der Waals surface area contributed by atoms with Crippen molar-refractivity contribution in [1.82, 2.24) is 5.32 Å². The standard InChI is InChI=1S/C13H14ClFN2O3/c14-7-4-5-11(9(15)6-7)17-13(20)16-10-3-1-2-8(10)12(18)19/h4-6,8,10H,1-3H2,(H,18,19)(H2,16,17,20). The highest BCUT2D eigenvalue weighted by Crippen LogP contribution is 2.26. The van der Waals surface area contributed by atoms with Gasteiger partial charge in [0, 0.05) is 11.1 Å². The molecule has 20 heavy (non-hydrogen) atoms. The lowest BCUT2D eigenvalue weighted by atomic mass is 10.0. The molecule has 2 atom stereocenters. The minimum atomic E-state index is -0.925. The molecule has 0 heterocycles. The van der Waals surface area contributed by atoms with E-state index in [1.807, 2.05) is 0 Å². The molecule has 2 amide bonds. The van der Waals surface area contributed by atoms with Gasteiger partial charge in [0.2, 0.25) is 0 Å². The molecule has 1 saturated carbocycles. The minimum Gasteiger partial charge on any atom is -0.481 e. The summed E-state index contributed by atoms with van der Waals surface area (Å²) >= 11 is 5.61. The molecule has 7 heteroatoms. The molecule has 1 aliphatic carbocycles. The average Bonchev–Trinajstić information content (AvgIpc) is 2.81. The van der Waals surface area contributed by atoms with Crippen LogP contribution in [-0.2, 0) is 4.79 Å². The highest BCUT2D eigenvalue weighted by Gasteiger charge is 2.33. The summed E-state index contributed by atoms with van der Waals surface area (Å²) < 4.78 is 13.5. The van der Waals surface area contributed by atoms with E-state index >= 15 is 0 Å². The molecular weight excluding hydrogens is 287 g/mol. The molecule has 2 rings (SSSR count). The van der Waals surface area contributed by atoms with E-state index < -0.39 is 29.8 Å². The van der Waals surface area contributed by atoms with Crippen LogP contribution in [0.2, 0.25) is 5.02 Å². The number of carbonyl (C=O) groups is 2. The molecule has 0 saturated heterocycles. The van der Waals surface area contributed by atoms with E-state index in [0.717, 1.165) is 12.5 Å². The largest absolute Gasteiger partial charge is 0.481 e. The third kappa shape index (κ3) is 3.39. The number of aliphatic carboxylic acids is 1. The smallest absolute Gasteiger partial charge is 0.319 e. The Balaban J connectivity index is 1.97. The van der Waals surface area contributed by atoms with Crippen LogP contribution in [0.15, 0.2) is 18.2 Å². The number of hydrogen-bond acceptors (Lipinski definition) is 2. The molecule has 1 aromatic rings. The van der Waals surface area contributed by atoms with Crippen molar-refractivity contribution >= 4 is 29.3 Å². The molecule has 0 radical (unpaired) electrons. The number of carbonyl (C=O) groups excluding carboxylic acids is 1. The fourth-order valence-electron chi connectivity index (χ4n) is 2.35. The molecule has 0 spiro atoms. The number of rotatable bonds is 3. The van der Waals surface area contributed by atoms with Gasteiger partial charge in [0.1, 0.15) is 5.82 Å². The summed E-state index contributed by atoms with van der Waals surface area (Å²) in [7, 11) is 0. The molecule has 108 valence electrons. The first-order valence-corrected chi connectivity index (χ1v) is 6.60. The van der Waals surface area contributed by atoms with Gasteiger partial charge in [-0.2, -0.15) is 0 Å². The number of nitrogens with one attached hydrogen (secondary N) is 2. The quantitative estimate of drug-likeness (QED) is 0.803.